The minimum Gasteiger partial charge on any atom is -0.452 e. The van der Waals surface area contributed by atoms with E-state index in [9.17, 15) is 9.59 Å². The maximum absolute atomic E-state index is 12.3. The van der Waals surface area contributed by atoms with Crippen molar-refractivity contribution >= 4 is 60.8 Å². The minimum absolute atomic E-state index is 0.303. The predicted molar refractivity (Wildman–Crippen MR) is 106 cm³/mol. The maximum Gasteiger partial charge on any atom is 0.339 e. The van der Waals surface area contributed by atoms with Crippen molar-refractivity contribution in [3.05, 3.63) is 48.5 Å². The fourth-order valence-corrected chi connectivity index (χ4v) is 5.21. The summed E-state index contributed by atoms with van der Waals surface area (Å²) in [6, 6.07) is 5.43. The number of benzene rings is 1. The fourth-order valence-electron chi connectivity index (χ4n) is 2.83. The molecule has 25 heavy (non-hydrogen) atoms. The van der Waals surface area contributed by atoms with Gasteiger partial charge in [-0.2, -0.15) is 0 Å². The molecule has 1 heterocycles. The number of esters is 1. The largest absolute Gasteiger partial charge is 0.452 e. The van der Waals surface area contributed by atoms with Crippen molar-refractivity contribution < 1.29 is 14.3 Å². The number of halogens is 2. The van der Waals surface area contributed by atoms with Crippen LogP contribution in [0.4, 0.5) is 5.69 Å². The van der Waals surface area contributed by atoms with E-state index in [-0.39, 0.29) is 12.5 Å². The Morgan fingerprint density at radius 1 is 1.36 bits per heavy atom. The molecule has 4 nitrogen and oxygen atoms in total. The van der Waals surface area contributed by atoms with Crippen LogP contribution >= 0.6 is 43.2 Å². The van der Waals surface area contributed by atoms with Gasteiger partial charge in [-0.05, 0) is 64.9 Å². The molecule has 1 N–H and O–H groups in total. The van der Waals surface area contributed by atoms with Gasteiger partial charge in [-0.3, -0.25) is 4.79 Å². The van der Waals surface area contributed by atoms with Crippen LogP contribution in [0.2, 0.25) is 0 Å². The zero-order valence-electron chi connectivity index (χ0n) is 13.6. The molecule has 0 spiro atoms. The molecule has 1 amide bonds. The van der Waals surface area contributed by atoms with Crippen molar-refractivity contribution in [1.82, 2.24) is 0 Å². The number of ether oxygens (including phenoxy) is 1. The number of fused-ring (bicyclic) bond motifs is 1. The van der Waals surface area contributed by atoms with E-state index in [4.69, 9.17) is 4.74 Å². The average Bonchev–Trinajstić information content (AvgIpc) is 2.98. The first-order valence-corrected chi connectivity index (χ1v) is 10.4. The van der Waals surface area contributed by atoms with E-state index in [0.717, 1.165) is 33.8 Å². The highest BCUT2D eigenvalue weighted by molar-refractivity contribution is 9.11. The van der Waals surface area contributed by atoms with Gasteiger partial charge >= 0.3 is 5.97 Å². The molecule has 7 heteroatoms. The van der Waals surface area contributed by atoms with E-state index in [1.165, 1.54) is 4.88 Å². The Labute approximate surface area is 167 Å². The van der Waals surface area contributed by atoms with E-state index in [1.54, 1.807) is 17.4 Å². The van der Waals surface area contributed by atoms with E-state index in [0.29, 0.717) is 17.2 Å². The Hall–Kier alpha value is -1.18. The summed E-state index contributed by atoms with van der Waals surface area (Å²) in [6.45, 7) is 1.92. The van der Waals surface area contributed by atoms with Crippen molar-refractivity contribution in [3.63, 3.8) is 0 Å². The number of thiophene rings is 1. The number of rotatable bonds is 4. The lowest BCUT2D eigenvalue weighted by Crippen LogP contribution is -2.21. The van der Waals surface area contributed by atoms with Crippen molar-refractivity contribution in [2.45, 2.75) is 26.2 Å². The highest BCUT2D eigenvalue weighted by atomic mass is 79.9. The summed E-state index contributed by atoms with van der Waals surface area (Å²) in [5.74, 6) is -0.128. The maximum atomic E-state index is 12.3. The van der Waals surface area contributed by atoms with Gasteiger partial charge in [0, 0.05) is 19.2 Å². The SMILES string of the molecule is C[C@@H]1CCc2c(C(=O)OCC(=O)Nc3ccc(Br)cc3Br)csc2C1. The zero-order chi connectivity index (χ0) is 18.0. The van der Waals surface area contributed by atoms with Gasteiger partial charge in [-0.15, -0.1) is 11.3 Å². The monoisotopic (exact) mass is 485 g/mol. The number of amides is 1. The van der Waals surface area contributed by atoms with Crippen LogP contribution in [-0.4, -0.2) is 18.5 Å². The van der Waals surface area contributed by atoms with Crippen molar-refractivity contribution in [3.8, 4) is 0 Å². The zero-order valence-corrected chi connectivity index (χ0v) is 17.6. The average molecular weight is 487 g/mol. The quantitative estimate of drug-likeness (QED) is 0.604. The topological polar surface area (TPSA) is 55.4 Å². The van der Waals surface area contributed by atoms with E-state index < -0.39 is 5.97 Å². The smallest absolute Gasteiger partial charge is 0.339 e. The lowest BCUT2D eigenvalue weighted by atomic mass is 9.88. The lowest BCUT2D eigenvalue weighted by molar-refractivity contribution is -0.119. The molecule has 0 bridgehead atoms. The molecule has 0 radical (unpaired) electrons. The van der Waals surface area contributed by atoms with Crippen molar-refractivity contribution in [2.75, 3.05) is 11.9 Å². The molecule has 1 atom stereocenters. The molecule has 0 unspecified atom stereocenters. The Morgan fingerprint density at radius 3 is 2.92 bits per heavy atom. The van der Waals surface area contributed by atoms with E-state index in [1.807, 2.05) is 17.5 Å². The minimum atomic E-state index is -0.419. The Bertz CT molecular complexity index is 819. The van der Waals surface area contributed by atoms with Crippen LogP contribution in [0.1, 0.15) is 34.1 Å². The first-order valence-electron chi connectivity index (χ1n) is 7.95. The van der Waals surface area contributed by atoms with Crippen LogP contribution < -0.4 is 5.32 Å². The van der Waals surface area contributed by atoms with E-state index in [2.05, 4.69) is 44.1 Å². The number of nitrogens with one attached hydrogen (secondary N) is 1. The second-order valence-corrected chi connectivity index (χ2v) is 8.88. The number of carbonyl (C=O) groups excluding carboxylic acids is 2. The predicted octanol–water partition coefficient (Wildman–Crippen LogP) is 5.19. The third kappa shape index (κ3) is 4.51. The standard InChI is InChI=1S/C18H17Br2NO3S/c1-10-2-4-12-13(9-25-16(12)6-10)18(23)24-8-17(22)21-15-5-3-11(19)7-14(15)20/h3,5,7,9-10H,2,4,6,8H2,1H3,(H,21,22)/t10-/m1/s1. The molecule has 0 fully saturated rings. The molecule has 0 saturated heterocycles. The number of carbonyl (C=O) groups is 2. The Kier molecular flexibility index (Phi) is 5.96. The molecule has 132 valence electrons. The third-order valence-electron chi connectivity index (χ3n) is 4.16. The number of anilines is 1. The van der Waals surface area contributed by atoms with Crippen LogP contribution in [0.3, 0.4) is 0 Å². The van der Waals surface area contributed by atoms with Gasteiger partial charge in [0.05, 0.1) is 11.3 Å². The summed E-state index contributed by atoms with van der Waals surface area (Å²) in [4.78, 5) is 25.6. The van der Waals surface area contributed by atoms with Crippen molar-refractivity contribution in [1.29, 1.82) is 0 Å². The van der Waals surface area contributed by atoms with Gasteiger partial charge in [0.2, 0.25) is 0 Å². The van der Waals surface area contributed by atoms with E-state index >= 15 is 0 Å². The summed E-state index contributed by atoms with van der Waals surface area (Å²) >= 11 is 8.35. The molecule has 0 aliphatic heterocycles. The summed E-state index contributed by atoms with van der Waals surface area (Å²) in [5.41, 5.74) is 2.35. The molecule has 1 aromatic carbocycles. The van der Waals surface area contributed by atoms with Gasteiger partial charge < -0.3 is 10.1 Å². The lowest BCUT2D eigenvalue weighted by Gasteiger charge is -2.18. The second kappa shape index (κ2) is 8.01. The number of hydrogen-bond acceptors (Lipinski definition) is 4. The normalized spacial score (nSPS) is 16.2. The molecular weight excluding hydrogens is 470 g/mol. The van der Waals surface area contributed by atoms with Crippen LogP contribution in [0, 0.1) is 5.92 Å². The Morgan fingerprint density at radius 2 is 2.16 bits per heavy atom. The molecule has 1 aromatic heterocycles. The fraction of sp³-hybridized carbons (Fsp3) is 0.333. The first kappa shape index (κ1) is 18.6. The van der Waals surface area contributed by atoms with Crippen molar-refractivity contribution in [2.24, 2.45) is 5.92 Å². The van der Waals surface area contributed by atoms with Crippen LogP contribution in [-0.2, 0) is 22.4 Å². The summed E-state index contributed by atoms with van der Waals surface area (Å²) in [6.07, 6.45) is 3.01. The highest BCUT2D eigenvalue weighted by Crippen LogP contribution is 2.33. The second-order valence-electron chi connectivity index (χ2n) is 6.15. The highest BCUT2D eigenvalue weighted by Gasteiger charge is 2.24. The third-order valence-corrected chi connectivity index (χ3v) is 6.36. The molecule has 1 aliphatic rings. The summed E-state index contributed by atoms with van der Waals surface area (Å²) < 4.78 is 6.86. The summed E-state index contributed by atoms with van der Waals surface area (Å²) in [5, 5.41) is 4.58. The summed E-state index contributed by atoms with van der Waals surface area (Å²) in [7, 11) is 0. The molecule has 3 rings (SSSR count). The Balaban J connectivity index is 1.58. The molecular formula is C18H17Br2NO3S. The van der Waals surface area contributed by atoms with Crippen LogP contribution in [0.15, 0.2) is 32.5 Å². The van der Waals surface area contributed by atoms with Gasteiger partial charge in [0.15, 0.2) is 6.61 Å². The van der Waals surface area contributed by atoms with Crippen LogP contribution in [0.5, 0.6) is 0 Å². The molecule has 1 aliphatic carbocycles. The van der Waals surface area contributed by atoms with Gasteiger partial charge in [-0.25, -0.2) is 4.79 Å². The van der Waals surface area contributed by atoms with Gasteiger partial charge in [0.1, 0.15) is 0 Å². The van der Waals surface area contributed by atoms with Gasteiger partial charge in [0.25, 0.3) is 5.91 Å². The molecule has 0 saturated carbocycles. The first-order chi connectivity index (χ1) is 11.9. The van der Waals surface area contributed by atoms with Crippen LogP contribution in [0.25, 0.3) is 0 Å². The molecule has 2 aromatic rings. The number of hydrogen-bond donors (Lipinski definition) is 1. The van der Waals surface area contributed by atoms with Gasteiger partial charge in [-0.1, -0.05) is 22.9 Å².